The lowest BCUT2D eigenvalue weighted by Crippen LogP contribution is -2.28. The summed E-state index contributed by atoms with van der Waals surface area (Å²) in [6.07, 6.45) is 1.06. The molecule has 1 N–H and O–H groups in total. The largest absolute Gasteiger partial charge is 0.371 e. The molecule has 0 saturated heterocycles. The molecule has 1 aromatic heterocycles. The van der Waals surface area contributed by atoms with Crippen LogP contribution in [0.4, 0.5) is 5.82 Å². The molecule has 1 aromatic rings. The third-order valence-corrected chi connectivity index (χ3v) is 4.17. The highest BCUT2D eigenvalue weighted by Crippen LogP contribution is 2.32. The molecule has 0 bridgehead atoms. The van der Waals surface area contributed by atoms with Crippen molar-refractivity contribution in [3.05, 3.63) is 15.1 Å². The Kier molecular flexibility index (Phi) is 5.78. The van der Waals surface area contributed by atoms with Gasteiger partial charge in [0.05, 0.1) is 9.26 Å². The van der Waals surface area contributed by atoms with E-state index in [0.29, 0.717) is 0 Å². The molecule has 1 rings (SSSR count). The zero-order valence-corrected chi connectivity index (χ0v) is 15.8. The third kappa shape index (κ3) is 4.04. The van der Waals surface area contributed by atoms with Gasteiger partial charge in [-0.25, -0.2) is 9.97 Å². The summed E-state index contributed by atoms with van der Waals surface area (Å²) in [4.78, 5) is 9.44. The van der Waals surface area contributed by atoms with Gasteiger partial charge in [0.2, 0.25) is 0 Å². The van der Waals surface area contributed by atoms with Gasteiger partial charge in [-0.2, -0.15) is 0 Å². The Morgan fingerprint density at radius 2 is 1.75 bits per heavy atom. The first kappa shape index (κ1) is 17.6. The molecule has 0 aliphatic carbocycles. The molecular weight excluding hydrogens is 365 g/mol. The summed E-state index contributed by atoms with van der Waals surface area (Å²) >= 11 is 2.33. The topological polar surface area (TPSA) is 47.0 Å². The molecule has 20 heavy (non-hydrogen) atoms. The predicted molar refractivity (Wildman–Crippen MR) is 92.3 cm³/mol. The fraction of sp³-hybridized carbons (Fsp3) is 0.733. The lowest BCUT2D eigenvalue weighted by atomic mass is 9.91. The monoisotopic (exact) mass is 391 g/mol. The fourth-order valence-corrected chi connectivity index (χ4v) is 2.91. The lowest BCUT2D eigenvalue weighted by molar-refractivity contribution is 0.0112. The Morgan fingerprint density at radius 1 is 1.15 bits per heavy atom. The summed E-state index contributed by atoms with van der Waals surface area (Å²) in [5.41, 5.74) is 0.542. The van der Waals surface area contributed by atoms with E-state index in [1.165, 1.54) is 0 Å². The van der Waals surface area contributed by atoms with Crippen molar-refractivity contribution in [1.82, 2.24) is 9.97 Å². The van der Waals surface area contributed by atoms with E-state index in [1.54, 1.807) is 7.11 Å². The fourth-order valence-electron chi connectivity index (χ4n) is 1.67. The summed E-state index contributed by atoms with van der Waals surface area (Å²) in [5.74, 6) is 1.64. The van der Waals surface area contributed by atoms with Gasteiger partial charge in [0, 0.05) is 19.1 Å². The Hall–Kier alpha value is -0.430. The summed E-state index contributed by atoms with van der Waals surface area (Å²) < 4.78 is 6.63. The average Bonchev–Trinajstić information content (AvgIpc) is 2.35. The van der Waals surface area contributed by atoms with E-state index in [2.05, 4.69) is 60.6 Å². The number of hydrogen-bond acceptors (Lipinski definition) is 4. The molecule has 0 aliphatic rings. The first-order valence-corrected chi connectivity index (χ1v) is 8.09. The average molecular weight is 391 g/mol. The molecule has 114 valence electrons. The normalized spacial score (nSPS) is 12.6. The van der Waals surface area contributed by atoms with E-state index in [4.69, 9.17) is 9.72 Å². The van der Waals surface area contributed by atoms with Crippen molar-refractivity contribution in [2.75, 3.05) is 19.0 Å². The van der Waals surface area contributed by atoms with Gasteiger partial charge in [-0.3, -0.25) is 0 Å². The number of ether oxygens (including phenoxy) is 1. The van der Waals surface area contributed by atoms with Gasteiger partial charge in [-0.05, 0) is 42.9 Å². The van der Waals surface area contributed by atoms with Crippen LogP contribution in [-0.4, -0.2) is 23.6 Å². The highest BCUT2D eigenvalue weighted by atomic mass is 127. The van der Waals surface area contributed by atoms with E-state index in [0.717, 1.165) is 33.9 Å². The molecule has 0 fully saturated rings. The summed E-state index contributed by atoms with van der Waals surface area (Å²) in [6.45, 7) is 13.5. The number of rotatable bonds is 5. The zero-order valence-electron chi connectivity index (χ0n) is 13.6. The van der Waals surface area contributed by atoms with Crippen LogP contribution >= 0.6 is 22.6 Å². The number of hydrogen-bond donors (Lipinski definition) is 1. The quantitative estimate of drug-likeness (QED) is 0.769. The second-order valence-corrected chi connectivity index (χ2v) is 7.53. The lowest BCUT2D eigenvalue weighted by Gasteiger charge is -2.27. The Morgan fingerprint density at radius 3 is 2.20 bits per heavy atom. The molecule has 0 spiro atoms. The van der Waals surface area contributed by atoms with Crippen LogP contribution in [0.15, 0.2) is 0 Å². The number of nitrogens with one attached hydrogen (secondary N) is 1. The van der Waals surface area contributed by atoms with Crippen LogP contribution in [0.3, 0.4) is 0 Å². The highest BCUT2D eigenvalue weighted by molar-refractivity contribution is 14.1. The number of halogens is 1. The van der Waals surface area contributed by atoms with Gasteiger partial charge in [-0.15, -0.1) is 0 Å². The van der Waals surface area contributed by atoms with Crippen LogP contribution in [-0.2, 0) is 15.8 Å². The van der Waals surface area contributed by atoms with Crippen LogP contribution in [0.25, 0.3) is 0 Å². The zero-order chi connectivity index (χ0) is 15.6. The minimum Gasteiger partial charge on any atom is -0.371 e. The maximum atomic E-state index is 5.54. The van der Waals surface area contributed by atoms with Crippen molar-refractivity contribution in [1.29, 1.82) is 0 Å². The maximum Gasteiger partial charge on any atom is 0.162 e. The first-order valence-electron chi connectivity index (χ1n) is 7.01. The van der Waals surface area contributed by atoms with Gasteiger partial charge in [0.1, 0.15) is 11.4 Å². The van der Waals surface area contributed by atoms with E-state index in [-0.39, 0.29) is 5.41 Å². The van der Waals surface area contributed by atoms with Crippen LogP contribution in [0.5, 0.6) is 0 Å². The molecule has 0 aliphatic heterocycles. The summed E-state index contributed by atoms with van der Waals surface area (Å²) in [6, 6.07) is 0. The van der Waals surface area contributed by atoms with Crippen molar-refractivity contribution >= 4 is 28.4 Å². The molecule has 4 nitrogen and oxygen atoms in total. The van der Waals surface area contributed by atoms with Gasteiger partial charge < -0.3 is 10.1 Å². The number of methoxy groups -OCH3 is 1. The second kappa shape index (κ2) is 6.56. The van der Waals surface area contributed by atoms with E-state index in [1.807, 2.05) is 13.8 Å². The maximum absolute atomic E-state index is 5.54. The van der Waals surface area contributed by atoms with Crippen molar-refractivity contribution in [3.63, 3.8) is 0 Å². The van der Waals surface area contributed by atoms with Crippen LogP contribution in [0.1, 0.15) is 59.5 Å². The van der Waals surface area contributed by atoms with E-state index >= 15 is 0 Å². The van der Waals surface area contributed by atoms with Crippen molar-refractivity contribution in [3.8, 4) is 0 Å². The smallest absolute Gasteiger partial charge is 0.162 e. The Labute approximate surface area is 136 Å². The summed E-state index contributed by atoms with van der Waals surface area (Å²) in [7, 11) is 1.69. The van der Waals surface area contributed by atoms with Gasteiger partial charge in [-0.1, -0.05) is 27.7 Å². The van der Waals surface area contributed by atoms with Gasteiger partial charge >= 0.3 is 0 Å². The van der Waals surface area contributed by atoms with Crippen LogP contribution in [0.2, 0.25) is 0 Å². The SMILES string of the molecule is CCCNc1nc(C(C)(C)OC)nc(C(C)(C)C)c1I. The minimum absolute atomic E-state index is 0.0271. The predicted octanol–water partition coefficient (Wildman–Crippen LogP) is 4.08. The molecule has 1 heterocycles. The van der Waals surface area contributed by atoms with Crippen molar-refractivity contribution in [2.45, 2.75) is 59.0 Å². The van der Waals surface area contributed by atoms with Crippen molar-refractivity contribution < 1.29 is 4.74 Å². The molecule has 0 aromatic carbocycles. The van der Waals surface area contributed by atoms with Crippen molar-refractivity contribution in [2.24, 2.45) is 0 Å². The standard InChI is InChI=1S/C15H26IN3O/c1-8-9-17-12-10(16)11(14(2,3)4)18-13(19-12)15(5,6)20-7/h8-9H2,1-7H3,(H,17,18,19). The minimum atomic E-state index is -0.493. The van der Waals surface area contributed by atoms with Gasteiger partial charge in [0.15, 0.2) is 5.82 Å². The first-order chi connectivity index (χ1) is 9.13. The molecule has 0 saturated carbocycles. The molecule has 0 amide bonds. The number of aromatic nitrogens is 2. The summed E-state index contributed by atoms with van der Waals surface area (Å²) in [5, 5.41) is 3.40. The number of nitrogens with zero attached hydrogens (tertiary/aromatic N) is 2. The van der Waals surface area contributed by atoms with Crippen LogP contribution < -0.4 is 5.32 Å². The van der Waals surface area contributed by atoms with Crippen LogP contribution in [0, 0.1) is 3.57 Å². The Balaban J connectivity index is 3.42. The van der Waals surface area contributed by atoms with Gasteiger partial charge in [0.25, 0.3) is 0 Å². The molecule has 5 heteroatoms. The van der Waals surface area contributed by atoms with E-state index < -0.39 is 5.60 Å². The molecular formula is C15H26IN3O. The Bertz CT molecular complexity index is 467. The molecule has 0 radical (unpaired) electrons. The molecule has 0 unspecified atom stereocenters. The second-order valence-electron chi connectivity index (χ2n) is 6.45. The third-order valence-electron chi connectivity index (χ3n) is 3.15. The highest BCUT2D eigenvalue weighted by Gasteiger charge is 2.29. The molecule has 0 atom stereocenters. The van der Waals surface area contributed by atoms with E-state index in [9.17, 15) is 0 Å². The number of anilines is 1.